The average molecular weight is 280 g/mol. The van der Waals surface area contributed by atoms with Gasteiger partial charge in [-0.1, -0.05) is 25.1 Å². The molecule has 4 nitrogen and oxygen atoms in total. The largest absolute Gasteiger partial charge is 0.346 e. The van der Waals surface area contributed by atoms with E-state index in [9.17, 15) is 8.42 Å². The van der Waals surface area contributed by atoms with Crippen LogP contribution in [0, 0.1) is 0 Å². The lowest BCUT2D eigenvalue weighted by Crippen LogP contribution is -2.14. The Balaban J connectivity index is 2.33. The van der Waals surface area contributed by atoms with E-state index in [4.69, 9.17) is 0 Å². The van der Waals surface area contributed by atoms with Crippen molar-refractivity contribution in [2.45, 2.75) is 20.0 Å². The van der Waals surface area contributed by atoms with Gasteiger partial charge in [0.25, 0.3) is 0 Å². The summed E-state index contributed by atoms with van der Waals surface area (Å²) >= 11 is 0. The highest BCUT2D eigenvalue weighted by Crippen LogP contribution is 2.20. The van der Waals surface area contributed by atoms with Gasteiger partial charge in [0.15, 0.2) is 0 Å². The predicted octanol–water partition coefficient (Wildman–Crippen LogP) is 1.80. The quantitative estimate of drug-likeness (QED) is 0.878. The molecule has 5 heteroatoms. The minimum absolute atomic E-state index is 0.173. The monoisotopic (exact) mass is 280 g/mol. The van der Waals surface area contributed by atoms with E-state index in [1.807, 2.05) is 22.9 Å². The molecule has 0 aliphatic rings. The van der Waals surface area contributed by atoms with Crippen molar-refractivity contribution in [3.63, 3.8) is 0 Å². The van der Waals surface area contributed by atoms with E-state index in [0.29, 0.717) is 6.54 Å². The van der Waals surface area contributed by atoms with Crippen LogP contribution < -0.4 is 5.32 Å². The first kappa shape index (κ1) is 14.1. The van der Waals surface area contributed by atoms with E-state index < -0.39 is 9.84 Å². The highest BCUT2D eigenvalue weighted by molar-refractivity contribution is 7.90. The first-order valence-electron chi connectivity index (χ1n) is 6.46. The average Bonchev–Trinajstić information content (AvgIpc) is 2.77. The molecule has 1 aromatic carbocycles. The molecule has 0 saturated heterocycles. The molecule has 19 heavy (non-hydrogen) atoms. The molecule has 1 N–H and O–H groups in total. The van der Waals surface area contributed by atoms with Gasteiger partial charge in [-0.05, 0) is 23.6 Å². The summed E-state index contributed by atoms with van der Waals surface area (Å²) in [5.74, 6) is 0.173. The lowest BCUT2D eigenvalue weighted by Gasteiger charge is -2.10. The minimum atomic E-state index is -2.94. The summed E-state index contributed by atoms with van der Waals surface area (Å²) in [6.45, 7) is 4.30. The molecule has 0 aliphatic heterocycles. The van der Waals surface area contributed by atoms with Crippen LogP contribution in [0.15, 0.2) is 30.5 Å². The van der Waals surface area contributed by atoms with Crippen LogP contribution in [0.4, 0.5) is 0 Å². The van der Waals surface area contributed by atoms with E-state index in [-0.39, 0.29) is 5.75 Å². The maximum absolute atomic E-state index is 11.3. The molecule has 1 aromatic heterocycles. The summed E-state index contributed by atoms with van der Waals surface area (Å²) in [6.07, 6.45) is 3.24. The second kappa shape index (κ2) is 5.75. The maximum atomic E-state index is 11.3. The van der Waals surface area contributed by atoms with Crippen molar-refractivity contribution in [2.24, 2.45) is 0 Å². The number of nitrogens with one attached hydrogen (secondary N) is 1. The van der Waals surface area contributed by atoms with Crippen LogP contribution >= 0.6 is 0 Å². The molecule has 0 amide bonds. The van der Waals surface area contributed by atoms with Gasteiger partial charge in [0.1, 0.15) is 9.84 Å². The van der Waals surface area contributed by atoms with E-state index >= 15 is 0 Å². The fourth-order valence-corrected chi connectivity index (χ4v) is 2.72. The number of rotatable bonds is 6. The lowest BCUT2D eigenvalue weighted by atomic mass is 10.1. The maximum Gasteiger partial charge on any atom is 0.149 e. The standard InChI is InChI=1S/C14H20N2O2S/c1-3-15-11-13-6-4-5-12-7-8-16(14(12)13)9-10-19(2,17)18/h4-8,15H,3,9-11H2,1-2H3. The van der Waals surface area contributed by atoms with Crippen LogP contribution in [-0.2, 0) is 22.9 Å². The molecule has 0 radical (unpaired) electrons. The number of sulfone groups is 1. The van der Waals surface area contributed by atoms with Crippen molar-refractivity contribution in [3.05, 3.63) is 36.0 Å². The van der Waals surface area contributed by atoms with Crippen LogP contribution in [0.25, 0.3) is 10.9 Å². The predicted molar refractivity (Wildman–Crippen MR) is 79.0 cm³/mol. The first-order valence-corrected chi connectivity index (χ1v) is 8.52. The van der Waals surface area contributed by atoms with Gasteiger partial charge in [-0.3, -0.25) is 0 Å². The summed E-state index contributed by atoms with van der Waals surface area (Å²) in [6, 6.07) is 8.21. The van der Waals surface area contributed by atoms with Crippen LogP contribution in [0.5, 0.6) is 0 Å². The van der Waals surface area contributed by atoms with Crippen LogP contribution in [0.1, 0.15) is 12.5 Å². The topological polar surface area (TPSA) is 51.1 Å². The Morgan fingerprint density at radius 1 is 1.26 bits per heavy atom. The number of hydrogen-bond donors (Lipinski definition) is 1. The molecule has 0 aliphatic carbocycles. The van der Waals surface area contributed by atoms with E-state index in [1.165, 1.54) is 11.8 Å². The zero-order valence-electron chi connectivity index (χ0n) is 11.4. The molecule has 0 fully saturated rings. The smallest absolute Gasteiger partial charge is 0.149 e. The summed E-state index contributed by atoms with van der Waals surface area (Å²) in [5.41, 5.74) is 2.34. The third-order valence-corrected chi connectivity index (χ3v) is 4.06. The molecular formula is C14H20N2O2S. The number of hydrogen-bond acceptors (Lipinski definition) is 3. The molecular weight excluding hydrogens is 260 g/mol. The Kier molecular flexibility index (Phi) is 4.27. The molecule has 0 spiro atoms. The van der Waals surface area contributed by atoms with Gasteiger partial charge in [-0.2, -0.15) is 0 Å². The number of benzene rings is 1. The van der Waals surface area contributed by atoms with Gasteiger partial charge in [0, 0.05) is 25.5 Å². The molecule has 1 heterocycles. The fourth-order valence-electron chi connectivity index (χ4n) is 2.19. The summed E-state index contributed by atoms with van der Waals surface area (Å²) in [4.78, 5) is 0. The van der Waals surface area contributed by atoms with Crippen molar-refractivity contribution in [2.75, 3.05) is 18.6 Å². The molecule has 0 unspecified atom stereocenters. The van der Waals surface area contributed by atoms with Crippen molar-refractivity contribution < 1.29 is 8.42 Å². The molecule has 104 valence electrons. The SMILES string of the molecule is CCNCc1cccc2ccn(CCS(C)(=O)=O)c12. The van der Waals surface area contributed by atoms with E-state index in [0.717, 1.165) is 24.0 Å². The van der Waals surface area contributed by atoms with E-state index in [2.05, 4.69) is 24.4 Å². The normalized spacial score (nSPS) is 12.1. The van der Waals surface area contributed by atoms with Crippen molar-refractivity contribution >= 4 is 20.7 Å². The number of para-hydroxylation sites is 1. The Bertz CT molecular complexity index is 659. The first-order chi connectivity index (χ1) is 9.01. The number of fused-ring (bicyclic) bond motifs is 1. The Morgan fingerprint density at radius 3 is 2.74 bits per heavy atom. The van der Waals surface area contributed by atoms with Crippen molar-refractivity contribution in [3.8, 4) is 0 Å². The summed E-state index contributed by atoms with van der Waals surface area (Å²) in [5, 5.41) is 4.47. The van der Waals surface area contributed by atoms with Crippen LogP contribution in [0.2, 0.25) is 0 Å². The lowest BCUT2D eigenvalue weighted by molar-refractivity contribution is 0.595. The Hall–Kier alpha value is -1.33. The molecule has 0 saturated carbocycles. The second-order valence-corrected chi connectivity index (χ2v) is 7.03. The van der Waals surface area contributed by atoms with Gasteiger partial charge in [-0.25, -0.2) is 8.42 Å². The third kappa shape index (κ3) is 3.58. The molecule has 0 bridgehead atoms. The zero-order valence-corrected chi connectivity index (χ0v) is 12.2. The second-order valence-electron chi connectivity index (χ2n) is 4.77. The molecule has 2 rings (SSSR count). The summed E-state index contributed by atoms with van der Waals surface area (Å²) in [7, 11) is -2.94. The third-order valence-electron chi connectivity index (χ3n) is 3.14. The molecule has 0 atom stereocenters. The van der Waals surface area contributed by atoms with Gasteiger partial charge in [0.2, 0.25) is 0 Å². The number of nitrogens with zero attached hydrogens (tertiary/aromatic N) is 1. The Labute approximate surface area is 114 Å². The molecule has 2 aromatic rings. The van der Waals surface area contributed by atoms with Crippen LogP contribution in [-0.4, -0.2) is 31.5 Å². The van der Waals surface area contributed by atoms with Gasteiger partial charge >= 0.3 is 0 Å². The van der Waals surface area contributed by atoms with Crippen molar-refractivity contribution in [1.82, 2.24) is 9.88 Å². The number of aromatic nitrogens is 1. The van der Waals surface area contributed by atoms with Gasteiger partial charge in [-0.15, -0.1) is 0 Å². The highest BCUT2D eigenvalue weighted by Gasteiger charge is 2.08. The fraction of sp³-hybridized carbons (Fsp3) is 0.429. The Morgan fingerprint density at radius 2 is 2.05 bits per heavy atom. The minimum Gasteiger partial charge on any atom is -0.346 e. The summed E-state index contributed by atoms with van der Waals surface area (Å²) < 4.78 is 24.6. The van der Waals surface area contributed by atoms with Crippen molar-refractivity contribution in [1.29, 1.82) is 0 Å². The van der Waals surface area contributed by atoms with Crippen LogP contribution in [0.3, 0.4) is 0 Å². The highest BCUT2D eigenvalue weighted by atomic mass is 32.2. The van der Waals surface area contributed by atoms with E-state index in [1.54, 1.807) is 0 Å². The van der Waals surface area contributed by atoms with Gasteiger partial charge < -0.3 is 9.88 Å². The zero-order chi connectivity index (χ0) is 13.9. The van der Waals surface area contributed by atoms with Gasteiger partial charge in [0.05, 0.1) is 11.3 Å². The number of aryl methyl sites for hydroxylation is 1.